The van der Waals surface area contributed by atoms with Crippen LogP contribution in [-0.4, -0.2) is 27.5 Å². The molecule has 0 bridgehead atoms. The van der Waals surface area contributed by atoms with Crippen LogP contribution in [0.15, 0.2) is 63.8 Å². The smallest absolute Gasteiger partial charge is 0.408 e. The number of aromatic nitrogens is 2. The molecule has 1 aliphatic rings. The molecule has 1 saturated heterocycles. The highest BCUT2D eigenvalue weighted by Crippen LogP contribution is 2.27. The number of fused-ring (bicyclic) bond motifs is 2. The van der Waals surface area contributed by atoms with E-state index in [4.69, 9.17) is 21.0 Å². The van der Waals surface area contributed by atoms with Gasteiger partial charge in [-0.25, -0.2) is 4.79 Å². The van der Waals surface area contributed by atoms with Gasteiger partial charge < -0.3 is 4.42 Å². The summed E-state index contributed by atoms with van der Waals surface area (Å²) in [6, 6.07) is 17.7. The number of hydrogen-bond acceptors (Lipinski definition) is 4. The van der Waals surface area contributed by atoms with Crippen molar-refractivity contribution in [3.8, 4) is 0 Å². The number of oxazole rings is 1. The summed E-state index contributed by atoms with van der Waals surface area (Å²) < 4.78 is 7.19. The van der Waals surface area contributed by atoms with Crippen LogP contribution in [0.1, 0.15) is 24.6 Å². The predicted octanol–water partition coefficient (Wildman–Crippen LogP) is 4.63. The van der Waals surface area contributed by atoms with Gasteiger partial charge in [0.05, 0.1) is 22.8 Å². The van der Waals surface area contributed by atoms with Gasteiger partial charge in [0.15, 0.2) is 5.58 Å². The van der Waals surface area contributed by atoms with E-state index in [-0.39, 0.29) is 11.8 Å². The van der Waals surface area contributed by atoms with Gasteiger partial charge in [0.2, 0.25) is 0 Å². The molecule has 6 heteroatoms. The van der Waals surface area contributed by atoms with Gasteiger partial charge in [-0.05, 0) is 49.7 Å². The Labute approximate surface area is 167 Å². The number of nitrogens with zero attached hydrogens (tertiary/aromatic N) is 3. The van der Waals surface area contributed by atoms with E-state index in [0.717, 1.165) is 54.6 Å². The van der Waals surface area contributed by atoms with Crippen LogP contribution in [0.25, 0.3) is 22.0 Å². The lowest BCUT2D eigenvalue weighted by molar-refractivity contribution is 0.166. The van der Waals surface area contributed by atoms with Crippen molar-refractivity contribution >= 4 is 33.6 Å². The molecule has 2 aromatic carbocycles. The molecular weight excluding hydrogens is 374 g/mol. The van der Waals surface area contributed by atoms with Crippen LogP contribution in [-0.2, 0) is 6.54 Å². The van der Waals surface area contributed by atoms with Gasteiger partial charge in [0, 0.05) is 23.5 Å². The van der Waals surface area contributed by atoms with Gasteiger partial charge in [0.1, 0.15) is 0 Å². The van der Waals surface area contributed by atoms with Crippen molar-refractivity contribution < 1.29 is 4.42 Å². The van der Waals surface area contributed by atoms with E-state index in [1.54, 1.807) is 16.7 Å². The molecule has 1 unspecified atom stereocenters. The number of likely N-dealkylation sites (tertiary alicyclic amines) is 1. The zero-order valence-corrected chi connectivity index (χ0v) is 16.1. The summed E-state index contributed by atoms with van der Waals surface area (Å²) in [6.45, 7) is 2.55. The molecule has 0 saturated carbocycles. The largest absolute Gasteiger partial charge is 0.420 e. The highest BCUT2D eigenvalue weighted by atomic mass is 35.5. The summed E-state index contributed by atoms with van der Waals surface area (Å²) in [7, 11) is 0. The fourth-order valence-corrected chi connectivity index (χ4v) is 4.33. The first-order chi connectivity index (χ1) is 13.7. The molecule has 5 rings (SSSR count). The van der Waals surface area contributed by atoms with Crippen molar-refractivity contribution in [1.82, 2.24) is 14.5 Å². The maximum Gasteiger partial charge on any atom is 0.420 e. The Hall–Kier alpha value is -2.63. The highest BCUT2D eigenvalue weighted by Gasteiger charge is 2.25. The maximum atomic E-state index is 12.5. The third-order valence-electron chi connectivity index (χ3n) is 5.46. The summed E-state index contributed by atoms with van der Waals surface area (Å²) in [4.78, 5) is 19.6. The number of hydrogen-bond donors (Lipinski definition) is 0. The van der Waals surface area contributed by atoms with Crippen LogP contribution in [0.2, 0.25) is 5.02 Å². The zero-order chi connectivity index (χ0) is 19.1. The number of rotatable bonds is 3. The molecule has 142 valence electrons. The molecule has 3 heterocycles. The summed E-state index contributed by atoms with van der Waals surface area (Å²) in [6.07, 6.45) is 1.97. The fraction of sp³-hybridized carbons (Fsp3) is 0.273. The highest BCUT2D eigenvalue weighted by molar-refractivity contribution is 6.31. The second kappa shape index (κ2) is 7.08. The molecule has 0 N–H and O–H groups in total. The van der Waals surface area contributed by atoms with Crippen LogP contribution < -0.4 is 5.76 Å². The Morgan fingerprint density at radius 1 is 1.14 bits per heavy atom. The first-order valence-electron chi connectivity index (χ1n) is 9.55. The second-order valence-corrected chi connectivity index (χ2v) is 7.81. The van der Waals surface area contributed by atoms with E-state index in [0.29, 0.717) is 10.6 Å². The van der Waals surface area contributed by atoms with E-state index in [1.807, 2.05) is 24.3 Å². The van der Waals surface area contributed by atoms with Crippen molar-refractivity contribution in [2.45, 2.75) is 25.4 Å². The Morgan fingerprint density at radius 3 is 2.96 bits per heavy atom. The van der Waals surface area contributed by atoms with Gasteiger partial charge in [-0.2, -0.15) is 0 Å². The Morgan fingerprint density at radius 2 is 2.04 bits per heavy atom. The number of pyridine rings is 1. The summed E-state index contributed by atoms with van der Waals surface area (Å²) in [5, 5.41) is 1.76. The van der Waals surface area contributed by atoms with Crippen molar-refractivity contribution in [2.24, 2.45) is 0 Å². The third kappa shape index (κ3) is 3.21. The molecule has 1 fully saturated rings. The minimum absolute atomic E-state index is 0.0708. The normalized spacial score (nSPS) is 18.1. The Balaban J connectivity index is 1.41. The molecule has 0 spiro atoms. The molecule has 5 nitrogen and oxygen atoms in total. The van der Waals surface area contributed by atoms with E-state index in [9.17, 15) is 4.79 Å². The van der Waals surface area contributed by atoms with Crippen molar-refractivity contribution in [3.05, 3.63) is 75.9 Å². The third-order valence-corrected chi connectivity index (χ3v) is 5.70. The van der Waals surface area contributed by atoms with Gasteiger partial charge in [-0.3, -0.25) is 14.5 Å². The van der Waals surface area contributed by atoms with Gasteiger partial charge in [-0.1, -0.05) is 35.9 Å². The molecule has 0 aliphatic carbocycles. The number of para-hydroxylation sites is 1. The first-order valence-corrected chi connectivity index (χ1v) is 9.93. The standard InChI is InChI=1S/C22H20ClN3O2/c23-16-8-10-21-20(12-16)26(22(27)28-21)18-5-3-11-25(14-18)13-17-9-7-15-4-1-2-6-19(15)24-17/h1-2,4,6-10,12,18H,3,5,11,13-14H2. The quantitative estimate of drug-likeness (QED) is 0.509. The predicted molar refractivity (Wildman–Crippen MR) is 111 cm³/mol. The first kappa shape index (κ1) is 17.5. The summed E-state index contributed by atoms with van der Waals surface area (Å²) >= 11 is 6.15. The lowest BCUT2D eigenvalue weighted by Gasteiger charge is -2.32. The van der Waals surface area contributed by atoms with Crippen molar-refractivity contribution in [3.63, 3.8) is 0 Å². The number of halogens is 1. The Bertz CT molecular complexity index is 1210. The van der Waals surface area contributed by atoms with Gasteiger partial charge in [-0.15, -0.1) is 0 Å². The molecule has 0 amide bonds. The number of benzene rings is 2. The van der Waals surface area contributed by atoms with Crippen LogP contribution in [0, 0.1) is 0 Å². The lowest BCUT2D eigenvalue weighted by atomic mass is 10.0. The molecule has 0 radical (unpaired) electrons. The summed E-state index contributed by atoms with van der Waals surface area (Å²) in [5.74, 6) is -0.312. The fourth-order valence-electron chi connectivity index (χ4n) is 4.16. The van der Waals surface area contributed by atoms with Crippen molar-refractivity contribution in [1.29, 1.82) is 0 Å². The average Bonchev–Trinajstić information content (AvgIpc) is 3.03. The van der Waals surface area contributed by atoms with Crippen LogP contribution in [0.5, 0.6) is 0 Å². The summed E-state index contributed by atoms with van der Waals surface area (Å²) in [5.41, 5.74) is 3.42. The van der Waals surface area contributed by atoms with E-state index in [1.165, 1.54) is 0 Å². The molecule has 1 aliphatic heterocycles. The van der Waals surface area contributed by atoms with Gasteiger partial charge >= 0.3 is 5.76 Å². The van der Waals surface area contributed by atoms with Crippen LogP contribution in [0.3, 0.4) is 0 Å². The Kier molecular flexibility index (Phi) is 4.41. The van der Waals surface area contributed by atoms with E-state index < -0.39 is 0 Å². The topological polar surface area (TPSA) is 51.3 Å². The lowest BCUT2D eigenvalue weighted by Crippen LogP contribution is -2.38. The van der Waals surface area contributed by atoms with Crippen LogP contribution in [0.4, 0.5) is 0 Å². The number of piperidine rings is 1. The SMILES string of the molecule is O=c1oc2ccc(Cl)cc2n1C1CCCN(Cc2ccc3ccccc3n2)C1. The minimum atomic E-state index is -0.312. The second-order valence-electron chi connectivity index (χ2n) is 7.38. The van der Waals surface area contributed by atoms with Crippen LogP contribution >= 0.6 is 11.6 Å². The molecule has 4 aromatic rings. The molecule has 1 atom stereocenters. The molecular formula is C22H20ClN3O2. The van der Waals surface area contributed by atoms with E-state index in [2.05, 4.69) is 23.1 Å². The monoisotopic (exact) mass is 393 g/mol. The zero-order valence-electron chi connectivity index (χ0n) is 15.3. The van der Waals surface area contributed by atoms with Crippen molar-refractivity contribution in [2.75, 3.05) is 13.1 Å². The molecule has 28 heavy (non-hydrogen) atoms. The average molecular weight is 394 g/mol. The molecule has 2 aromatic heterocycles. The van der Waals surface area contributed by atoms with E-state index >= 15 is 0 Å². The van der Waals surface area contributed by atoms with Gasteiger partial charge in [0.25, 0.3) is 0 Å². The minimum Gasteiger partial charge on any atom is -0.408 e. The maximum absolute atomic E-state index is 12.5.